The molecule has 0 fully saturated rings. The Morgan fingerprint density at radius 1 is 0.403 bits per heavy atom. The lowest BCUT2D eigenvalue weighted by atomic mass is 10.2. The van der Waals surface area contributed by atoms with E-state index in [4.69, 9.17) is 24.9 Å². The van der Waals surface area contributed by atoms with E-state index in [9.17, 15) is 0 Å². The summed E-state index contributed by atoms with van der Waals surface area (Å²) in [5.74, 6) is 4.85. The minimum Gasteiger partial charge on any atom is -0.330 e. The van der Waals surface area contributed by atoms with Crippen LogP contribution in [0.25, 0.3) is 55.2 Å². The number of aryl methyl sites for hydroxylation is 5. The van der Waals surface area contributed by atoms with E-state index in [1.54, 1.807) is 0 Å². The maximum atomic E-state index is 5.15. The van der Waals surface area contributed by atoms with E-state index in [1.165, 1.54) is 0 Å². The summed E-state index contributed by atoms with van der Waals surface area (Å²) in [5, 5.41) is 7.83. The normalized spacial score (nSPS) is 12.3. The molecule has 0 atom stereocenters. The van der Waals surface area contributed by atoms with Gasteiger partial charge in [0.15, 0.2) is 0 Å². The van der Waals surface area contributed by atoms with E-state index in [-0.39, 0.29) is 12.1 Å². The Kier molecular flexibility index (Phi) is 10.6. The van der Waals surface area contributed by atoms with Crippen molar-refractivity contribution in [1.29, 1.82) is 0 Å². The van der Waals surface area contributed by atoms with Crippen LogP contribution in [0, 0.1) is 0 Å². The van der Waals surface area contributed by atoms with Crippen molar-refractivity contribution in [3.63, 3.8) is 0 Å². The molecular formula is C49H53N13. The molecule has 2 N–H and O–H groups in total. The van der Waals surface area contributed by atoms with Crippen molar-refractivity contribution in [3.05, 3.63) is 150 Å². The summed E-state index contributed by atoms with van der Waals surface area (Å²) in [4.78, 5) is 28.2. The van der Waals surface area contributed by atoms with Gasteiger partial charge in [0.25, 0.3) is 0 Å². The number of para-hydroxylation sites is 10. The number of hydrogen-bond acceptors (Lipinski definition) is 8. The van der Waals surface area contributed by atoms with Crippen LogP contribution in [0.1, 0.15) is 54.0 Å². The SMILES string of the molecule is Cn1c(CN(CCCNC(c2nc3ccccc3n2C)c2nc3ccccc3n2C)CCCNC(c2nc3ccccc3n2C)c2nc3ccccc3n2C)nc2ccccc21. The van der Waals surface area contributed by atoms with Crippen molar-refractivity contribution in [1.82, 2.24) is 63.3 Å². The van der Waals surface area contributed by atoms with E-state index >= 15 is 0 Å². The highest BCUT2D eigenvalue weighted by molar-refractivity contribution is 5.79. The lowest BCUT2D eigenvalue weighted by Gasteiger charge is -2.24. The highest BCUT2D eigenvalue weighted by Gasteiger charge is 2.27. The van der Waals surface area contributed by atoms with Gasteiger partial charge in [-0.05, 0) is 99.7 Å². The third-order valence-electron chi connectivity index (χ3n) is 12.6. The molecule has 5 aromatic heterocycles. The molecule has 0 unspecified atom stereocenters. The summed E-state index contributed by atoms with van der Waals surface area (Å²) in [6, 6.07) is 41.3. The first kappa shape index (κ1) is 39.5. The fraction of sp³-hybridized carbons (Fsp3) is 0.286. The second-order valence-electron chi connectivity index (χ2n) is 16.4. The number of aromatic nitrogens is 10. The van der Waals surface area contributed by atoms with Crippen LogP contribution in [0.4, 0.5) is 0 Å². The third kappa shape index (κ3) is 7.21. The van der Waals surface area contributed by atoms with E-state index in [0.29, 0.717) is 0 Å². The predicted molar refractivity (Wildman–Crippen MR) is 248 cm³/mol. The fourth-order valence-corrected chi connectivity index (χ4v) is 9.19. The summed E-state index contributed by atoms with van der Waals surface area (Å²) >= 11 is 0. The van der Waals surface area contributed by atoms with Gasteiger partial charge in [0.05, 0.1) is 61.7 Å². The highest BCUT2D eigenvalue weighted by Crippen LogP contribution is 2.29. The average Bonchev–Trinajstić information content (AvgIpc) is 4.09. The zero-order chi connectivity index (χ0) is 42.3. The molecule has 0 bridgehead atoms. The van der Waals surface area contributed by atoms with E-state index in [2.05, 4.69) is 171 Å². The number of nitrogens with zero attached hydrogens (tertiary/aromatic N) is 11. The molecule has 5 heterocycles. The number of hydrogen-bond donors (Lipinski definition) is 2. The summed E-state index contributed by atoms with van der Waals surface area (Å²) in [5.41, 5.74) is 10.5. The first-order valence-electron chi connectivity index (χ1n) is 21.6. The number of fused-ring (bicyclic) bond motifs is 5. The molecule has 0 saturated heterocycles. The van der Waals surface area contributed by atoms with Crippen molar-refractivity contribution in [2.24, 2.45) is 35.2 Å². The van der Waals surface area contributed by atoms with Gasteiger partial charge in [-0.1, -0.05) is 60.7 Å². The molecule has 10 aromatic rings. The lowest BCUT2D eigenvalue weighted by Crippen LogP contribution is -2.34. The van der Waals surface area contributed by atoms with Gasteiger partial charge < -0.3 is 33.5 Å². The Morgan fingerprint density at radius 2 is 0.694 bits per heavy atom. The molecule has 0 aliphatic heterocycles. The monoisotopic (exact) mass is 823 g/mol. The molecule has 0 saturated carbocycles. The summed E-state index contributed by atoms with van der Waals surface area (Å²) in [6.07, 6.45) is 1.84. The van der Waals surface area contributed by atoms with Crippen molar-refractivity contribution in [2.75, 3.05) is 26.2 Å². The van der Waals surface area contributed by atoms with Crippen molar-refractivity contribution in [3.8, 4) is 0 Å². The van der Waals surface area contributed by atoms with E-state index < -0.39 is 0 Å². The van der Waals surface area contributed by atoms with Crippen LogP contribution >= 0.6 is 0 Å². The maximum Gasteiger partial charge on any atom is 0.134 e. The Labute approximate surface area is 360 Å². The smallest absolute Gasteiger partial charge is 0.134 e. The molecule has 5 aromatic carbocycles. The Morgan fingerprint density at radius 3 is 1.00 bits per heavy atom. The predicted octanol–water partition coefficient (Wildman–Crippen LogP) is 7.46. The van der Waals surface area contributed by atoms with Crippen molar-refractivity contribution in [2.45, 2.75) is 31.5 Å². The molecule has 0 spiro atoms. The van der Waals surface area contributed by atoms with Crippen LogP contribution in [-0.4, -0.2) is 78.8 Å². The second-order valence-corrected chi connectivity index (χ2v) is 16.4. The molecule has 0 aliphatic rings. The third-order valence-corrected chi connectivity index (χ3v) is 12.6. The number of imidazole rings is 5. The number of nitrogens with one attached hydrogen (secondary N) is 2. The average molecular weight is 824 g/mol. The standard InChI is InChI=1S/C49H53N13/c1-57-38-23-11-6-18-33(38)52-43(57)32-62(30-16-28-50-44(46-53-34-19-7-12-24-39(34)58(46)2)47-54-35-20-8-13-25-40(35)59(47)3)31-17-29-51-45(48-55-36-21-9-14-26-41(36)60(48)4)49-56-37-22-10-15-27-42(37)61(49)5/h6-15,18-27,44-45,50-51H,16-17,28-32H2,1-5H3. The van der Waals surface area contributed by atoms with Gasteiger partial charge in [-0.3, -0.25) is 4.90 Å². The molecule has 13 heteroatoms. The first-order chi connectivity index (χ1) is 30.3. The molecule has 62 heavy (non-hydrogen) atoms. The van der Waals surface area contributed by atoms with Crippen molar-refractivity contribution < 1.29 is 0 Å². The van der Waals surface area contributed by atoms with Gasteiger partial charge in [-0.25, -0.2) is 24.9 Å². The molecule has 13 nitrogen and oxygen atoms in total. The number of rotatable bonds is 16. The molecule has 0 aliphatic carbocycles. The summed E-state index contributed by atoms with van der Waals surface area (Å²) in [6.45, 7) is 4.05. The van der Waals surface area contributed by atoms with Crippen LogP contribution in [0.15, 0.2) is 121 Å². The Balaban J connectivity index is 0.893. The van der Waals surface area contributed by atoms with Crippen LogP contribution in [0.2, 0.25) is 0 Å². The largest absolute Gasteiger partial charge is 0.330 e. The van der Waals surface area contributed by atoms with Gasteiger partial charge in [0.2, 0.25) is 0 Å². The topological polar surface area (TPSA) is 116 Å². The van der Waals surface area contributed by atoms with Gasteiger partial charge in [0, 0.05) is 35.2 Å². The fourth-order valence-electron chi connectivity index (χ4n) is 9.19. The van der Waals surface area contributed by atoms with Gasteiger partial charge in [-0.15, -0.1) is 0 Å². The summed E-state index contributed by atoms with van der Waals surface area (Å²) < 4.78 is 11.0. The quantitative estimate of drug-likeness (QED) is 0.0966. The van der Waals surface area contributed by atoms with Crippen LogP contribution in [0.5, 0.6) is 0 Å². The van der Waals surface area contributed by atoms with Crippen LogP contribution in [0.3, 0.4) is 0 Å². The Bertz CT molecular complexity index is 2850. The van der Waals surface area contributed by atoms with Crippen LogP contribution < -0.4 is 10.6 Å². The van der Waals surface area contributed by atoms with E-state index in [1.807, 2.05) is 24.3 Å². The van der Waals surface area contributed by atoms with Gasteiger partial charge in [-0.2, -0.15) is 0 Å². The van der Waals surface area contributed by atoms with Gasteiger partial charge >= 0.3 is 0 Å². The zero-order valence-corrected chi connectivity index (χ0v) is 36.1. The van der Waals surface area contributed by atoms with E-state index in [0.717, 1.165) is 130 Å². The van der Waals surface area contributed by atoms with Gasteiger partial charge in [0.1, 0.15) is 41.2 Å². The molecular weight excluding hydrogens is 771 g/mol. The minimum atomic E-state index is -0.204. The molecule has 314 valence electrons. The second kappa shape index (κ2) is 16.7. The van der Waals surface area contributed by atoms with Crippen molar-refractivity contribution >= 4 is 55.2 Å². The molecule has 0 amide bonds. The highest BCUT2D eigenvalue weighted by atomic mass is 15.2. The lowest BCUT2D eigenvalue weighted by molar-refractivity contribution is 0.246. The first-order valence-corrected chi connectivity index (χ1v) is 21.6. The summed E-state index contributed by atoms with van der Waals surface area (Å²) in [7, 11) is 10.5. The number of benzene rings is 5. The zero-order valence-electron chi connectivity index (χ0n) is 36.1. The van der Waals surface area contributed by atoms with Crippen LogP contribution in [-0.2, 0) is 41.8 Å². The molecule has 0 radical (unpaired) electrons. The minimum absolute atomic E-state index is 0.204. The maximum absolute atomic E-state index is 5.15. The molecule has 10 rings (SSSR count). The Hall–Kier alpha value is -6.67.